The molecule has 0 atom stereocenters. The lowest BCUT2D eigenvalue weighted by atomic mass is 10.0. The lowest BCUT2D eigenvalue weighted by molar-refractivity contribution is 0.414. The molecule has 3 rings (SSSR count). The summed E-state index contributed by atoms with van der Waals surface area (Å²) in [6, 6.07) is 17.0. The summed E-state index contributed by atoms with van der Waals surface area (Å²) in [4.78, 5) is -0.149. The normalized spacial score (nSPS) is 11.3. The van der Waals surface area contributed by atoms with Gasteiger partial charge in [-0.2, -0.15) is 0 Å². The van der Waals surface area contributed by atoms with Crippen molar-refractivity contribution in [3.8, 4) is 16.9 Å². The molecule has 3 aromatic carbocycles. The van der Waals surface area contributed by atoms with E-state index in [2.05, 4.69) is 4.72 Å². The van der Waals surface area contributed by atoms with Crippen LogP contribution in [0, 0.1) is 0 Å². The molecular formula is C19H14Cl3NO3S. The monoisotopic (exact) mass is 441 g/mol. The van der Waals surface area contributed by atoms with Crippen molar-refractivity contribution < 1.29 is 13.2 Å². The Hall–Kier alpha value is -1.92. The Labute approximate surface area is 172 Å². The van der Waals surface area contributed by atoms with E-state index in [4.69, 9.17) is 39.5 Å². The standard InChI is InChI=1S/C19H14Cl3NO3S/c1-26-16-9-10-17(19(22)18(16)21)27(24,25)23-15-8-7-13(20)11-14(15)12-5-3-2-4-6-12/h2-11,23H,1H3. The van der Waals surface area contributed by atoms with E-state index in [9.17, 15) is 8.42 Å². The topological polar surface area (TPSA) is 55.4 Å². The van der Waals surface area contributed by atoms with E-state index < -0.39 is 10.0 Å². The van der Waals surface area contributed by atoms with E-state index in [0.717, 1.165) is 5.56 Å². The Kier molecular flexibility index (Phi) is 5.86. The lowest BCUT2D eigenvalue weighted by Gasteiger charge is -2.15. The van der Waals surface area contributed by atoms with E-state index in [-0.39, 0.29) is 20.7 Å². The number of anilines is 1. The summed E-state index contributed by atoms with van der Waals surface area (Å²) in [7, 11) is -2.58. The minimum atomic E-state index is -4.00. The van der Waals surface area contributed by atoms with Gasteiger partial charge in [0.25, 0.3) is 10.0 Å². The van der Waals surface area contributed by atoms with E-state index in [0.29, 0.717) is 16.3 Å². The Morgan fingerprint density at radius 3 is 2.26 bits per heavy atom. The number of ether oxygens (including phenoxy) is 1. The SMILES string of the molecule is COc1ccc(S(=O)(=O)Nc2ccc(Cl)cc2-c2ccccc2)c(Cl)c1Cl. The average molecular weight is 443 g/mol. The molecule has 0 unspecified atom stereocenters. The van der Waals surface area contributed by atoms with E-state index in [1.54, 1.807) is 18.2 Å². The van der Waals surface area contributed by atoms with Crippen molar-refractivity contribution in [1.29, 1.82) is 0 Å². The van der Waals surface area contributed by atoms with Gasteiger partial charge in [0.15, 0.2) is 0 Å². The molecule has 27 heavy (non-hydrogen) atoms. The molecule has 0 aliphatic heterocycles. The van der Waals surface area contributed by atoms with Crippen LogP contribution in [0.5, 0.6) is 5.75 Å². The van der Waals surface area contributed by atoms with Crippen molar-refractivity contribution >= 4 is 50.5 Å². The third-order valence-corrected chi connectivity index (χ3v) is 6.45. The molecule has 0 fully saturated rings. The highest BCUT2D eigenvalue weighted by molar-refractivity contribution is 7.92. The molecule has 140 valence electrons. The maximum atomic E-state index is 12.9. The molecule has 0 aliphatic rings. The molecule has 0 radical (unpaired) electrons. The third kappa shape index (κ3) is 4.17. The summed E-state index contributed by atoms with van der Waals surface area (Å²) in [5.41, 5.74) is 1.83. The van der Waals surface area contributed by atoms with E-state index in [1.807, 2.05) is 30.3 Å². The molecule has 1 N–H and O–H groups in total. The molecule has 0 saturated heterocycles. The van der Waals surface area contributed by atoms with Crippen molar-refractivity contribution in [3.05, 3.63) is 75.7 Å². The van der Waals surface area contributed by atoms with Crippen LogP contribution in [0.15, 0.2) is 65.6 Å². The second-order valence-electron chi connectivity index (χ2n) is 5.56. The molecule has 0 heterocycles. The highest BCUT2D eigenvalue weighted by Crippen LogP contribution is 2.38. The number of methoxy groups -OCH3 is 1. The van der Waals surface area contributed by atoms with E-state index >= 15 is 0 Å². The van der Waals surface area contributed by atoms with Crippen LogP contribution in [0.1, 0.15) is 0 Å². The molecule has 8 heteroatoms. The number of benzene rings is 3. The first kappa shape index (κ1) is 19.8. The molecule has 0 bridgehead atoms. The van der Waals surface area contributed by atoms with Gasteiger partial charge in [-0.3, -0.25) is 4.72 Å². The Bertz CT molecular complexity index is 1090. The highest BCUT2D eigenvalue weighted by atomic mass is 35.5. The first-order valence-corrected chi connectivity index (χ1v) is 10.3. The molecule has 0 amide bonds. The van der Waals surface area contributed by atoms with Crippen LogP contribution in [0.3, 0.4) is 0 Å². The fourth-order valence-electron chi connectivity index (χ4n) is 2.54. The summed E-state index contributed by atoms with van der Waals surface area (Å²) in [6.45, 7) is 0. The number of rotatable bonds is 5. The maximum absolute atomic E-state index is 12.9. The predicted molar refractivity (Wildman–Crippen MR) is 111 cm³/mol. The summed E-state index contributed by atoms with van der Waals surface area (Å²) in [6.07, 6.45) is 0. The molecule has 0 aromatic heterocycles. The first-order chi connectivity index (χ1) is 12.8. The Morgan fingerprint density at radius 2 is 1.59 bits per heavy atom. The maximum Gasteiger partial charge on any atom is 0.263 e. The number of sulfonamides is 1. The lowest BCUT2D eigenvalue weighted by Crippen LogP contribution is -2.14. The smallest absolute Gasteiger partial charge is 0.263 e. The van der Waals surface area contributed by atoms with Crippen molar-refractivity contribution in [2.75, 3.05) is 11.8 Å². The van der Waals surface area contributed by atoms with Crippen molar-refractivity contribution in [2.45, 2.75) is 4.90 Å². The molecule has 0 saturated carbocycles. The second-order valence-corrected chi connectivity index (χ2v) is 8.40. The zero-order chi connectivity index (χ0) is 19.6. The summed E-state index contributed by atoms with van der Waals surface area (Å²) < 4.78 is 33.4. The molecular weight excluding hydrogens is 429 g/mol. The van der Waals surface area contributed by atoms with Gasteiger partial charge in [-0.25, -0.2) is 8.42 Å². The summed E-state index contributed by atoms with van der Waals surface area (Å²) >= 11 is 18.4. The quantitative estimate of drug-likeness (QED) is 0.517. The Balaban J connectivity index is 2.07. The number of halogens is 3. The third-order valence-electron chi connectivity index (χ3n) is 3.83. The second kappa shape index (κ2) is 7.98. The largest absolute Gasteiger partial charge is 0.495 e. The zero-order valence-corrected chi connectivity index (χ0v) is 17.1. The van der Waals surface area contributed by atoms with Gasteiger partial charge in [-0.05, 0) is 35.9 Å². The Morgan fingerprint density at radius 1 is 0.889 bits per heavy atom. The van der Waals surface area contributed by atoms with Crippen molar-refractivity contribution in [1.82, 2.24) is 0 Å². The summed E-state index contributed by atoms with van der Waals surface area (Å²) in [5, 5.41) is 0.405. The highest BCUT2D eigenvalue weighted by Gasteiger charge is 2.23. The van der Waals surface area contributed by atoms with Gasteiger partial charge in [-0.15, -0.1) is 0 Å². The summed E-state index contributed by atoms with van der Waals surface area (Å²) in [5.74, 6) is 0.289. The average Bonchev–Trinajstić information content (AvgIpc) is 2.65. The van der Waals surface area contributed by atoms with Crippen LogP contribution >= 0.6 is 34.8 Å². The molecule has 0 spiro atoms. The fourth-order valence-corrected chi connectivity index (χ4v) is 4.63. The minimum absolute atomic E-state index is 0.0291. The van der Waals surface area contributed by atoms with Crippen LogP contribution in [-0.4, -0.2) is 15.5 Å². The van der Waals surface area contributed by atoms with Gasteiger partial charge in [-0.1, -0.05) is 65.1 Å². The van der Waals surface area contributed by atoms with Crippen LogP contribution in [0.2, 0.25) is 15.1 Å². The van der Waals surface area contributed by atoms with Crippen molar-refractivity contribution in [2.24, 2.45) is 0 Å². The van der Waals surface area contributed by atoms with Crippen LogP contribution < -0.4 is 9.46 Å². The molecule has 0 aliphatic carbocycles. The van der Waals surface area contributed by atoms with Gasteiger partial charge in [0.1, 0.15) is 15.7 Å². The first-order valence-electron chi connectivity index (χ1n) is 7.73. The van der Waals surface area contributed by atoms with Crippen LogP contribution in [-0.2, 0) is 10.0 Å². The van der Waals surface area contributed by atoms with E-state index in [1.165, 1.54) is 19.2 Å². The van der Waals surface area contributed by atoms with Gasteiger partial charge in [0, 0.05) is 10.6 Å². The number of hydrogen-bond donors (Lipinski definition) is 1. The number of hydrogen-bond acceptors (Lipinski definition) is 3. The van der Waals surface area contributed by atoms with Gasteiger partial charge >= 0.3 is 0 Å². The predicted octanol–water partition coefficient (Wildman–Crippen LogP) is 6.12. The van der Waals surface area contributed by atoms with Crippen molar-refractivity contribution in [3.63, 3.8) is 0 Å². The van der Waals surface area contributed by atoms with Crippen LogP contribution in [0.4, 0.5) is 5.69 Å². The molecule has 3 aromatic rings. The molecule has 4 nitrogen and oxygen atoms in total. The van der Waals surface area contributed by atoms with Gasteiger partial charge in [0.05, 0.1) is 17.8 Å². The zero-order valence-electron chi connectivity index (χ0n) is 14.0. The minimum Gasteiger partial charge on any atom is -0.495 e. The van der Waals surface area contributed by atoms with Crippen LogP contribution in [0.25, 0.3) is 11.1 Å². The fraction of sp³-hybridized carbons (Fsp3) is 0.0526. The number of nitrogens with one attached hydrogen (secondary N) is 1. The van der Waals surface area contributed by atoms with Gasteiger partial charge in [0.2, 0.25) is 0 Å². The van der Waals surface area contributed by atoms with Gasteiger partial charge < -0.3 is 4.74 Å².